The van der Waals surface area contributed by atoms with Crippen molar-refractivity contribution in [2.75, 3.05) is 16.8 Å². The zero-order valence-corrected chi connectivity index (χ0v) is 12.4. The summed E-state index contributed by atoms with van der Waals surface area (Å²) >= 11 is 17.6. The summed E-state index contributed by atoms with van der Waals surface area (Å²) < 4.78 is 22.6. The summed E-state index contributed by atoms with van der Waals surface area (Å²) in [5.74, 6) is 0.808. The molecule has 0 aromatic carbocycles. The molecule has 0 spiro atoms. The second-order valence-corrected chi connectivity index (χ2v) is 7.64. The first-order valence-electron chi connectivity index (χ1n) is 5.36. The molecule has 1 fully saturated rings. The Labute approximate surface area is 121 Å². The van der Waals surface area contributed by atoms with Gasteiger partial charge in [-0.2, -0.15) is 0 Å². The third-order valence-electron chi connectivity index (χ3n) is 2.78. The Morgan fingerprint density at radius 1 is 1.17 bits per heavy atom. The highest BCUT2D eigenvalue weighted by Crippen LogP contribution is 2.30. The van der Waals surface area contributed by atoms with E-state index in [4.69, 9.17) is 34.8 Å². The highest BCUT2D eigenvalue weighted by molar-refractivity contribution is 7.91. The molecule has 0 radical (unpaired) electrons. The molecule has 2 rings (SSSR count). The average Bonchev–Trinajstić information content (AvgIpc) is 2.28. The number of anilines is 1. The molecule has 1 saturated heterocycles. The summed E-state index contributed by atoms with van der Waals surface area (Å²) in [6.45, 7) is 0. The summed E-state index contributed by atoms with van der Waals surface area (Å²) in [7, 11) is -2.87. The standard InChI is InChI=1S/C10H11Cl3N2O2S/c11-7-5-8(12)10(15-9(7)13)14-6-1-3-18(16,17)4-2-6/h5-6H,1-4H2,(H,14,15). The molecule has 1 aliphatic rings. The first-order valence-corrected chi connectivity index (χ1v) is 8.31. The van der Waals surface area contributed by atoms with Crippen LogP contribution in [0.15, 0.2) is 6.07 Å². The van der Waals surface area contributed by atoms with E-state index in [-0.39, 0.29) is 22.7 Å². The third kappa shape index (κ3) is 3.41. The zero-order valence-electron chi connectivity index (χ0n) is 9.29. The van der Waals surface area contributed by atoms with E-state index >= 15 is 0 Å². The van der Waals surface area contributed by atoms with Crippen molar-refractivity contribution < 1.29 is 8.42 Å². The van der Waals surface area contributed by atoms with Crippen molar-refractivity contribution in [3.63, 3.8) is 0 Å². The van der Waals surface area contributed by atoms with Gasteiger partial charge >= 0.3 is 0 Å². The van der Waals surface area contributed by atoms with Crippen LogP contribution in [0.4, 0.5) is 5.82 Å². The largest absolute Gasteiger partial charge is 0.366 e. The summed E-state index contributed by atoms with van der Waals surface area (Å²) in [6.07, 6.45) is 1.08. The topological polar surface area (TPSA) is 59.1 Å². The van der Waals surface area contributed by atoms with Crippen molar-refractivity contribution in [2.45, 2.75) is 18.9 Å². The van der Waals surface area contributed by atoms with Crippen LogP contribution in [0, 0.1) is 0 Å². The maximum absolute atomic E-state index is 11.3. The number of aromatic nitrogens is 1. The van der Waals surface area contributed by atoms with E-state index in [9.17, 15) is 8.42 Å². The maximum atomic E-state index is 11.3. The van der Waals surface area contributed by atoms with E-state index < -0.39 is 9.84 Å². The Balaban J connectivity index is 2.09. The number of hydrogen-bond acceptors (Lipinski definition) is 4. The molecular formula is C10H11Cl3N2O2S. The molecule has 0 atom stereocenters. The first kappa shape index (κ1) is 14.2. The summed E-state index contributed by atoms with van der Waals surface area (Å²) in [5, 5.41) is 3.94. The van der Waals surface area contributed by atoms with Gasteiger partial charge in [-0.05, 0) is 18.9 Å². The van der Waals surface area contributed by atoms with Crippen LogP contribution >= 0.6 is 34.8 Å². The second-order valence-electron chi connectivity index (χ2n) is 4.16. The maximum Gasteiger partial charge on any atom is 0.150 e. The fourth-order valence-corrected chi connectivity index (χ4v) is 3.82. The molecule has 0 bridgehead atoms. The van der Waals surface area contributed by atoms with E-state index in [1.54, 1.807) is 0 Å². The zero-order chi connectivity index (χ0) is 13.3. The third-order valence-corrected chi connectivity index (χ3v) is 5.46. The van der Waals surface area contributed by atoms with E-state index in [1.807, 2.05) is 0 Å². The monoisotopic (exact) mass is 328 g/mol. The predicted octanol–water partition coefficient (Wildman–Crippen LogP) is 3.03. The Bertz CT molecular complexity index is 548. The lowest BCUT2D eigenvalue weighted by molar-refractivity contribution is 0.559. The van der Waals surface area contributed by atoms with Gasteiger partial charge in [0.15, 0.2) is 0 Å². The highest BCUT2D eigenvalue weighted by atomic mass is 35.5. The van der Waals surface area contributed by atoms with Crippen molar-refractivity contribution in [1.29, 1.82) is 0 Å². The Morgan fingerprint density at radius 2 is 1.78 bits per heavy atom. The Hall–Kier alpha value is -0.230. The fourth-order valence-electron chi connectivity index (χ4n) is 1.77. The number of nitrogens with one attached hydrogen (secondary N) is 1. The number of pyridine rings is 1. The van der Waals surface area contributed by atoms with Gasteiger partial charge in [0, 0.05) is 6.04 Å². The SMILES string of the molecule is O=S1(=O)CCC(Nc2nc(Cl)c(Cl)cc2Cl)CC1. The summed E-state index contributed by atoms with van der Waals surface area (Å²) in [4.78, 5) is 4.04. The van der Waals surface area contributed by atoms with E-state index in [2.05, 4.69) is 10.3 Å². The van der Waals surface area contributed by atoms with Crippen molar-refractivity contribution in [1.82, 2.24) is 4.98 Å². The molecule has 0 saturated carbocycles. The predicted molar refractivity (Wildman–Crippen MR) is 74.6 cm³/mol. The molecule has 1 aromatic heterocycles. The second kappa shape index (κ2) is 5.41. The Morgan fingerprint density at radius 3 is 2.39 bits per heavy atom. The molecule has 1 aliphatic heterocycles. The van der Waals surface area contributed by atoms with E-state index in [1.165, 1.54) is 6.07 Å². The number of hydrogen-bond donors (Lipinski definition) is 1. The van der Waals surface area contributed by atoms with Gasteiger partial charge in [0.2, 0.25) is 0 Å². The van der Waals surface area contributed by atoms with Crippen LogP contribution in [0.1, 0.15) is 12.8 Å². The molecule has 18 heavy (non-hydrogen) atoms. The number of sulfone groups is 1. The van der Waals surface area contributed by atoms with E-state index in [0.717, 1.165) is 0 Å². The summed E-state index contributed by atoms with van der Waals surface area (Å²) in [5.41, 5.74) is 0. The molecule has 0 amide bonds. The van der Waals surface area contributed by atoms with Gasteiger partial charge in [0.05, 0.1) is 21.6 Å². The van der Waals surface area contributed by atoms with E-state index in [0.29, 0.717) is 28.7 Å². The van der Waals surface area contributed by atoms with Crippen LogP contribution in [0.25, 0.3) is 0 Å². The van der Waals surface area contributed by atoms with Gasteiger partial charge in [-0.3, -0.25) is 0 Å². The lowest BCUT2D eigenvalue weighted by Gasteiger charge is -2.24. The normalized spacial score (nSPS) is 19.7. The van der Waals surface area contributed by atoms with Crippen molar-refractivity contribution in [3.8, 4) is 0 Å². The van der Waals surface area contributed by atoms with Gasteiger partial charge in [-0.1, -0.05) is 34.8 Å². The quantitative estimate of drug-likeness (QED) is 0.847. The highest BCUT2D eigenvalue weighted by Gasteiger charge is 2.24. The smallest absolute Gasteiger partial charge is 0.150 e. The number of halogens is 3. The molecule has 8 heteroatoms. The van der Waals surface area contributed by atoms with Crippen LogP contribution in [-0.4, -0.2) is 30.9 Å². The summed E-state index contributed by atoms with van der Waals surface area (Å²) in [6, 6.07) is 1.55. The van der Waals surface area contributed by atoms with Crippen molar-refractivity contribution >= 4 is 50.5 Å². The molecule has 4 nitrogen and oxygen atoms in total. The minimum Gasteiger partial charge on any atom is -0.366 e. The molecular weight excluding hydrogens is 319 g/mol. The van der Waals surface area contributed by atoms with Gasteiger partial charge < -0.3 is 5.32 Å². The molecule has 1 aromatic rings. The number of rotatable bonds is 2. The fraction of sp³-hybridized carbons (Fsp3) is 0.500. The van der Waals surface area contributed by atoms with Crippen molar-refractivity contribution in [2.24, 2.45) is 0 Å². The van der Waals surface area contributed by atoms with Gasteiger partial charge in [0.25, 0.3) is 0 Å². The molecule has 100 valence electrons. The Kier molecular flexibility index (Phi) is 4.26. The van der Waals surface area contributed by atoms with Crippen LogP contribution < -0.4 is 5.32 Å². The lowest BCUT2D eigenvalue weighted by atomic mass is 10.1. The molecule has 0 unspecified atom stereocenters. The van der Waals surface area contributed by atoms with Gasteiger partial charge in [-0.25, -0.2) is 13.4 Å². The molecule has 1 N–H and O–H groups in total. The molecule has 0 aliphatic carbocycles. The van der Waals surface area contributed by atoms with Crippen LogP contribution in [0.3, 0.4) is 0 Å². The van der Waals surface area contributed by atoms with Gasteiger partial charge in [0.1, 0.15) is 20.8 Å². The first-order chi connectivity index (χ1) is 8.37. The van der Waals surface area contributed by atoms with Gasteiger partial charge in [-0.15, -0.1) is 0 Å². The average molecular weight is 330 g/mol. The minimum absolute atomic E-state index is 0.0377. The van der Waals surface area contributed by atoms with Crippen LogP contribution in [0.5, 0.6) is 0 Å². The van der Waals surface area contributed by atoms with Crippen LogP contribution in [-0.2, 0) is 9.84 Å². The molecule has 2 heterocycles. The lowest BCUT2D eigenvalue weighted by Crippen LogP contribution is -2.32. The minimum atomic E-state index is -2.87. The number of nitrogens with zero attached hydrogens (tertiary/aromatic N) is 1. The van der Waals surface area contributed by atoms with Crippen molar-refractivity contribution in [3.05, 3.63) is 21.3 Å². The van der Waals surface area contributed by atoms with Crippen LogP contribution in [0.2, 0.25) is 15.2 Å².